The van der Waals surface area contributed by atoms with E-state index in [-0.39, 0.29) is 5.97 Å². The maximum Gasteiger partial charge on any atom is 0.305 e. The summed E-state index contributed by atoms with van der Waals surface area (Å²) in [4.78, 5) is 11.7. The highest BCUT2D eigenvalue weighted by atomic mass is 32.3. The molecule has 0 radical (unpaired) electrons. The van der Waals surface area contributed by atoms with Crippen LogP contribution >= 0.6 is 10.6 Å². The van der Waals surface area contributed by atoms with Gasteiger partial charge >= 0.3 is 5.97 Å². The van der Waals surface area contributed by atoms with Gasteiger partial charge in [0.15, 0.2) is 0 Å². The van der Waals surface area contributed by atoms with Crippen molar-refractivity contribution >= 4 is 22.6 Å². The van der Waals surface area contributed by atoms with Crippen molar-refractivity contribution < 1.29 is 23.4 Å². The molecule has 0 atom stereocenters. The Bertz CT molecular complexity index is 539. The summed E-state index contributed by atoms with van der Waals surface area (Å²) in [6.45, 7) is 2.72. The molecule has 116 valence electrons. The molecule has 0 aromatic heterocycles. The van der Waals surface area contributed by atoms with Crippen LogP contribution in [0.1, 0.15) is 31.7 Å². The number of fused-ring (bicyclic) bond motifs is 1. The maximum atomic E-state index is 11.1. The molecule has 1 aliphatic rings. The van der Waals surface area contributed by atoms with Crippen LogP contribution in [-0.2, 0) is 9.53 Å². The van der Waals surface area contributed by atoms with E-state index in [1.807, 2.05) is 0 Å². The third-order valence-electron chi connectivity index (χ3n) is 3.09. The SMILES string of the molecule is CCOC(=O)CCCCOc1ccc2c(c1)C=CS2(O)O. The lowest BCUT2D eigenvalue weighted by molar-refractivity contribution is -0.143. The van der Waals surface area contributed by atoms with Crippen LogP contribution < -0.4 is 4.74 Å². The van der Waals surface area contributed by atoms with E-state index < -0.39 is 10.6 Å². The first-order valence-electron chi connectivity index (χ1n) is 6.92. The van der Waals surface area contributed by atoms with Gasteiger partial charge in [0, 0.05) is 17.4 Å². The first kappa shape index (κ1) is 15.9. The second kappa shape index (κ2) is 6.98. The zero-order chi connectivity index (χ0) is 15.3. The van der Waals surface area contributed by atoms with E-state index in [2.05, 4.69) is 0 Å². The number of hydrogen-bond donors (Lipinski definition) is 2. The predicted octanol–water partition coefficient (Wildman–Crippen LogP) is 3.89. The Morgan fingerprint density at radius 3 is 2.86 bits per heavy atom. The summed E-state index contributed by atoms with van der Waals surface area (Å²) in [5.41, 5.74) is 0.777. The Morgan fingerprint density at radius 2 is 2.10 bits per heavy atom. The van der Waals surface area contributed by atoms with Crippen LogP contribution in [0.15, 0.2) is 28.5 Å². The van der Waals surface area contributed by atoms with Gasteiger partial charge in [-0.1, -0.05) is 0 Å². The Labute approximate surface area is 125 Å². The Morgan fingerprint density at radius 1 is 1.29 bits per heavy atom. The summed E-state index contributed by atoms with van der Waals surface area (Å²) >= 11 is 0. The molecule has 0 aliphatic carbocycles. The number of benzene rings is 1. The van der Waals surface area contributed by atoms with Gasteiger partial charge in [0.25, 0.3) is 0 Å². The van der Waals surface area contributed by atoms with Crippen LogP contribution in [-0.4, -0.2) is 28.3 Å². The van der Waals surface area contributed by atoms with Crippen LogP contribution in [0.25, 0.3) is 6.08 Å². The van der Waals surface area contributed by atoms with Crippen molar-refractivity contribution in [2.45, 2.75) is 31.1 Å². The molecule has 6 heteroatoms. The highest BCUT2D eigenvalue weighted by molar-refractivity contribution is 8.27. The van der Waals surface area contributed by atoms with Crippen molar-refractivity contribution in [3.05, 3.63) is 29.2 Å². The molecule has 1 heterocycles. The quantitative estimate of drug-likeness (QED) is 0.590. The molecule has 2 N–H and O–H groups in total. The van der Waals surface area contributed by atoms with Gasteiger partial charge in [-0.15, -0.1) is 10.6 Å². The van der Waals surface area contributed by atoms with Gasteiger partial charge in [-0.2, -0.15) is 0 Å². The molecular weight excluding hydrogens is 292 g/mol. The van der Waals surface area contributed by atoms with E-state index >= 15 is 0 Å². The topological polar surface area (TPSA) is 76.0 Å². The normalized spacial score (nSPS) is 16.3. The molecule has 21 heavy (non-hydrogen) atoms. The van der Waals surface area contributed by atoms with Crippen LogP contribution in [0.5, 0.6) is 5.75 Å². The minimum atomic E-state index is -2.75. The molecule has 0 spiro atoms. The fourth-order valence-electron chi connectivity index (χ4n) is 2.06. The van der Waals surface area contributed by atoms with Gasteiger partial charge in [-0.25, -0.2) is 0 Å². The number of unbranched alkanes of at least 4 members (excludes halogenated alkanes) is 1. The Hall–Kier alpha value is -1.50. The number of carbonyl (C=O) groups excluding carboxylic acids is 1. The van der Waals surface area contributed by atoms with Crippen LogP contribution in [0.3, 0.4) is 0 Å². The fraction of sp³-hybridized carbons (Fsp3) is 0.400. The predicted molar refractivity (Wildman–Crippen MR) is 82.6 cm³/mol. The third kappa shape index (κ3) is 4.23. The van der Waals surface area contributed by atoms with E-state index in [0.29, 0.717) is 30.3 Å². The van der Waals surface area contributed by atoms with Crippen LogP contribution in [0.4, 0.5) is 0 Å². The highest BCUT2D eigenvalue weighted by Gasteiger charge is 2.21. The van der Waals surface area contributed by atoms with Crippen molar-refractivity contribution in [1.29, 1.82) is 0 Å². The highest BCUT2D eigenvalue weighted by Crippen LogP contribution is 2.56. The summed E-state index contributed by atoms with van der Waals surface area (Å²) in [6.07, 6.45) is 3.59. The molecule has 0 bridgehead atoms. The van der Waals surface area contributed by atoms with Crippen molar-refractivity contribution in [2.75, 3.05) is 13.2 Å². The first-order valence-corrected chi connectivity index (χ1v) is 8.53. The Kier molecular flexibility index (Phi) is 5.27. The standard InChI is InChI=1S/C15H20O5S/c1-2-19-15(16)5-3-4-9-20-13-6-7-14-12(11-13)8-10-21(14,17)18/h6-8,10-11,17-18H,2-5,9H2,1H3. The van der Waals surface area contributed by atoms with Gasteiger partial charge in [0.05, 0.1) is 18.1 Å². The number of esters is 1. The van der Waals surface area contributed by atoms with Crippen molar-refractivity contribution in [3.8, 4) is 5.75 Å². The van der Waals surface area contributed by atoms with E-state index in [4.69, 9.17) is 9.47 Å². The smallest absolute Gasteiger partial charge is 0.305 e. The molecule has 0 saturated carbocycles. The Balaban J connectivity index is 1.75. The van der Waals surface area contributed by atoms with E-state index in [1.165, 1.54) is 5.41 Å². The number of rotatable bonds is 7. The molecule has 1 aliphatic heterocycles. The summed E-state index contributed by atoms with van der Waals surface area (Å²) in [7, 11) is -2.75. The molecule has 0 fully saturated rings. The minimum Gasteiger partial charge on any atom is -0.494 e. The maximum absolute atomic E-state index is 11.1. The zero-order valence-electron chi connectivity index (χ0n) is 11.9. The van der Waals surface area contributed by atoms with Crippen molar-refractivity contribution in [2.24, 2.45) is 0 Å². The van der Waals surface area contributed by atoms with Crippen molar-refractivity contribution in [3.63, 3.8) is 0 Å². The van der Waals surface area contributed by atoms with Gasteiger partial charge in [-0.3, -0.25) is 13.9 Å². The molecule has 0 unspecified atom stereocenters. The molecule has 1 aromatic carbocycles. The number of ether oxygens (including phenoxy) is 2. The molecule has 5 nitrogen and oxygen atoms in total. The average molecular weight is 312 g/mol. The third-order valence-corrected chi connectivity index (χ3v) is 4.63. The minimum absolute atomic E-state index is 0.176. The number of carbonyl (C=O) groups is 1. The second-order valence-corrected chi connectivity index (χ2v) is 6.60. The summed E-state index contributed by atoms with van der Waals surface area (Å²) in [5.74, 6) is 0.511. The summed E-state index contributed by atoms with van der Waals surface area (Å²) in [5, 5.41) is 1.42. The monoisotopic (exact) mass is 312 g/mol. The fourth-order valence-corrected chi connectivity index (χ4v) is 3.28. The van der Waals surface area contributed by atoms with E-state index in [1.54, 1.807) is 31.2 Å². The molecule has 2 rings (SSSR count). The first-order chi connectivity index (χ1) is 10.0. The summed E-state index contributed by atoms with van der Waals surface area (Å²) in [6, 6.07) is 5.20. The van der Waals surface area contributed by atoms with Gasteiger partial charge in [0.1, 0.15) is 5.75 Å². The molecule has 0 amide bonds. The molecule has 0 saturated heterocycles. The van der Waals surface area contributed by atoms with Crippen LogP contribution in [0, 0.1) is 0 Å². The lowest BCUT2D eigenvalue weighted by Gasteiger charge is -2.25. The molecular formula is C15H20O5S. The van der Waals surface area contributed by atoms with E-state index in [9.17, 15) is 13.9 Å². The van der Waals surface area contributed by atoms with Gasteiger partial charge in [0.2, 0.25) is 0 Å². The number of hydrogen-bond acceptors (Lipinski definition) is 5. The van der Waals surface area contributed by atoms with Gasteiger partial charge < -0.3 is 9.47 Å². The van der Waals surface area contributed by atoms with Crippen molar-refractivity contribution in [1.82, 2.24) is 0 Å². The second-order valence-electron chi connectivity index (χ2n) is 4.71. The van der Waals surface area contributed by atoms with Gasteiger partial charge in [-0.05, 0) is 44.0 Å². The zero-order valence-corrected chi connectivity index (χ0v) is 12.8. The van der Waals surface area contributed by atoms with Crippen LogP contribution in [0.2, 0.25) is 0 Å². The lowest BCUT2D eigenvalue weighted by atomic mass is 10.2. The molecule has 1 aromatic rings. The average Bonchev–Trinajstić information content (AvgIpc) is 2.74. The summed E-state index contributed by atoms with van der Waals surface area (Å²) < 4.78 is 29.9. The largest absolute Gasteiger partial charge is 0.494 e. The van der Waals surface area contributed by atoms with E-state index in [0.717, 1.165) is 18.4 Å². The lowest BCUT2D eigenvalue weighted by Crippen LogP contribution is -2.05.